The van der Waals surface area contributed by atoms with Crippen LogP contribution in [0.15, 0.2) is 18.6 Å². The minimum atomic E-state index is 1.01. The molecule has 0 atom stereocenters. The van der Waals surface area contributed by atoms with Gasteiger partial charge in [0.15, 0.2) is 0 Å². The monoisotopic (exact) mass is 177 g/mol. The molecule has 2 aromatic heterocycles. The second-order valence-electron chi connectivity index (χ2n) is 2.58. The molecule has 0 aromatic carbocycles. The van der Waals surface area contributed by atoms with Gasteiger partial charge in [-0.05, 0) is 13.8 Å². The zero-order chi connectivity index (χ0) is 9.84. The average molecular weight is 177 g/mol. The van der Waals surface area contributed by atoms with E-state index in [1.165, 1.54) is 0 Å². The first-order valence-electron chi connectivity index (χ1n) is 4.54. The van der Waals surface area contributed by atoms with Crippen molar-refractivity contribution in [3.8, 4) is 0 Å². The number of aryl methyl sites for hydroxylation is 2. The van der Waals surface area contributed by atoms with Gasteiger partial charge in [0.1, 0.15) is 5.82 Å². The first-order chi connectivity index (χ1) is 6.29. The van der Waals surface area contributed by atoms with Gasteiger partial charge >= 0.3 is 0 Å². The minimum absolute atomic E-state index is 1.01. The molecular weight excluding hydrogens is 162 g/mol. The summed E-state index contributed by atoms with van der Waals surface area (Å²) in [6.45, 7) is 7.98. The molecule has 2 rings (SSSR count). The summed E-state index contributed by atoms with van der Waals surface area (Å²) < 4.78 is 2.03. The second-order valence-corrected chi connectivity index (χ2v) is 2.58. The van der Waals surface area contributed by atoms with Crippen LogP contribution in [0.4, 0.5) is 0 Å². The molecule has 3 heteroatoms. The molecule has 3 nitrogen and oxygen atoms in total. The van der Waals surface area contributed by atoms with Gasteiger partial charge in [-0.15, -0.1) is 0 Å². The molecule has 0 aliphatic carbocycles. The molecule has 0 radical (unpaired) electrons. The summed E-state index contributed by atoms with van der Waals surface area (Å²) in [6.07, 6.45) is 5.52. The summed E-state index contributed by atoms with van der Waals surface area (Å²) in [6, 6.07) is 0. The van der Waals surface area contributed by atoms with E-state index < -0.39 is 0 Å². The van der Waals surface area contributed by atoms with Crippen LogP contribution in [-0.2, 0) is 0 Å². The highest BCUT2D eigenvalue weighted by Gasteiger charge is 2.01. The third kappa shape index (κ3) is 1.69. The Kier molecular flexibility index (Phi) is 3.01. The van der Waals surface area contributed by atoms with Gasteiger partial charge < -0.3 is 4.40 Å². The second kappa shape index (κ2) is 4.03. The fourth-order valence-corrected chi connectivity index (χ4v) is 1.27. The van der Waals surface area contributed by atoms with Crippen molar-refractivity contribution in [2.45, 2.75) is 27.7 Å². The Morgan fingerprint density at radius 2 is 1.92 bits per heavy atom. The molecule has 2 aromatic rings. The number of aromatic nitrogens is 3. The maximum atomic E-state index is 4.31. The molecular formula is C10H15N3. The third-order valence-electron chi connectivity index (χ3n) is 1.81. The minimum Gasteiger partial charge on any atom is -0.301 e. The number of rotatable bonds is 0. The first-order valence-corrected chi connectivity index (χ1v) is 4.54. The Bertz CT molecular complexity index is 354. The van der Waals surface area contributed by atoms with Crippen LogP contribution in [-0.4, -0.2) is 14.4 Å². The number of fused-ring (bicyclic) bond motifs is 1. The Morgan fingerprint density at radius 1 is 1.23 bits per heavy atom. The highest BCUT2D eigenvalue weighted by atomic mass is 15.0. The highest BCUT2D eigenvalue weighted by molar-refractivity contribution is 5.50. The van der Waals surface area contributed by atoms with E-state index >= 15 is 0 Å². The first kappa shape index (κ1) is 9.71. The van der Waals surface area contributed by atoms with E-state index in [-0.39, 0.29) is 0 Å². The van der Waals surface area contributed by atoms with Crippen molar-refractivity contribution in [3.05, 3.63) is 30.1 Å². The van der Waals surface area contributed by atoms with Crippen LogP contribution >= 0.6 is 0 Å². The molecule has 0 N–H and O–H groups in total. The smallest absolute Gasteiger partial charge is 0.110 e. The number of hydrogen-bond donors (Lipinski definition) is 0. The molecule has 0 saturated heterocycles. The lowest BCUT2D eigenvalue weighted by atomic mass is 10.4. The molecule has 2 heterocycles. The third-order valence-corrected chi connectivity index (χ3v) is 1.81. The van der Waals surface area contributed by atoms with Crippen molar-refractivity contribution in [2.24, 2.45) is 0 Å². The largest absolute Gasteiger partial charge is 0.301 e. The average Bonchev–Trinajstić information content (AvgIpc) is 2.47. The Balaban J connectivity index is 0.000000396. The molecule has 0 aliphatic heterocycles. The molecule has 0 amide bonds. The van der Waals surface area contributed by atoms with Gasteiger partial charge in [0.2, 0.25) is 0 Å². The van der Waals surface area contributed by atoms with Crippen molar-refractivity contribution in [2.75, 3.05) is 0 Å². The summed E-state index contributed by atoms with van der Waals surface area (Å²) >= 11 is 0. The van der Waals surface area contributed by atoms with E-state index in [0.29, 0.717) is 0 Å². The summed E-state index contributed by atoms with van der Waals surface area (Å²) in [5.74, 6) is 1.01. The van der Waals surface area contributed by atoms with Gasteiger partial charge in [-0.2, -0.15) is 0 Å². The normalized spacial score (nSPS) is 9.54. The van der Waals surface area contributed by atoms with Crippen LogP contribution in [0.2, 0.25) is 0 Å². The molecule has 0 unspecified atom stereocenters. The van der Waals surface area contributed by atoms with Crippen molar-refractivity contribution in [1.29, 1.82) is 0 Å². The van der Waals surface area contributed by atoms with Gasteiger partial charge in [0.25, 0.3) is 0 Å². The highest BCUT2D eigenvalue weighted by Crippen LogP contribution is 2.08. The summed E-state index contributed by atoms with van der Waals surface area (Å²) in [5, 5.41) is 0. The van der Waals surface area contributed by atoms with Crippen molar-refractivity contribution in [3.63, 3.8) is 0 Å². The molecule has 0 fully saturated rings. The fourth-order valence-electron chi connectivity index (χ4n) is 1.27. The fraction of sp³-hybridized carbons (Fsp3) is 0.400. The van der Waals surface area contributed by atoms with Crippen LogP contribution in [0.5, 0.6) is 0 Å². The van der Waals surface area contributed by atoms with E-state index in [4.69, 9.17) is 0 Å². The number of nitrogens with zero attached hydrogens (tertiary/aromatic N) is 3. The molecule has 0 saturated carbocycles. The summed E-state index contributed by atoms with van der Waals surface area (Å²) in [4.78, 5) is 8.34. The SMILES string of the molecule is CC.Cc1nc(C)n2ccncc12. The Labute approximate surface area is 78.5 Å². The standard InChI is InChI=1S/C8H9N3.C2H6/c1-6-8-5-9-3-4-11(8)7(2)10-6;1-2/h3-5H,1-2H3;1-2H3. The lowest BCUT2D eigenvalue weighted by Gasteiger charge is -1.92. The van der Waals surface area contributed by atoms with Gasteiger partial charge in [0, 0.05) is 12.4 Å². The van der Waals surface area contributed by atoms with Gasteiger partial charge in [-0.25, -0.2) is 4.98 Å². The Hall–Kier alpha value is -1.38. The van der Waals surface area contributed by atoms with Crippen LogP contribution < -0.4 is 0 Å². The Morgan fingerprint density at radius 3 is 2.54 bits per heavy atom. The zero-order valence-electron chi connectivity index (χ0n) is 8.57. The van der Waals surface area contributed by atoms with Gasteiger partial charge in [0.05, 0.1) is 17.4 Å². The lowest BCUT2D eigenvalue weighted by molar-refractivity contribution is 1.02. The van der Waals surface area contributed by atoms with Crippen LogP contribution in [0, 0.1) is 13.8 Å². The van der Waals surface area contributed by atoms with E-state index in [0.717, 1.165) is 17.0 Å². The van der Waals surface area contributed by atoms with Crippen molar-refractivity contribution < 1.29 is 0 Å². The maximum Gasteiger partial charge on any atom is 0.110 e. The maximum absolute atomic E-state index is 4.31. The van der Waals surface area contributed by atoms with E-state index in [1.807, 2.05) is 44.5 Å². The van der Waals surface area contributed by atoms with E-state index in [2.05, 4.69) is 9.97 Å². The van der Waals surface area contributed by atoms with Crippen LogP contribution in [0.25, 0.3) is 5.52 Å². The summed E-state index contributed by atoms with van der Waals surface area (Å²) in [7, 11) is 0. The lowest BCUT2D eigenvalue weighted by Crippen LogP contribution is -1.86. The number of imidazole rings is 1. The topological polar surface area (TPSA) is 30.2 Å². The molecule has 70 valence electrons. The zero-order valence-corrected chi connectivity index (χ0v) is 8.57. The molecule has 0 aliphatic rings. The van der Waals surface area contributed by atoms with Crippen LogP contribution in [0.1, 0.15) is 25.4 Å². The van der Waals surface area contributed by atoms with Crippen molar-refractivity contribution >= 4 is 5.52 Å². The predicted molar refractivity (Wildman–Crippen MR) is 53.8 cm³/mol. The molecule has 0 bridgehead atoms. The molecule has 0 spiro atoms. The van der Waals surface area contributed by atoms with E-state index in [9.17, 15) is 0 Å². The van der Waals surface area contributed by atoms with Gasteiger partial charge in [-0.1, -0.05) is 13.8 Å². The van der Waals surface area contributed by atoms with Crippen molar-refractivity contribution in [1.82, 2.24) is 14.4 Å². The molecule has 13 heavy (non-hydrogen) atoms. The number of hydrogen-bond acceptors (Lipinski definition) is 2. The van der Waals surface area contributed by atoms with Crippen LogP contribution in [0.3, 0.4) is 0 Å². The predicted octanol–water partition coefficient (Wildman–Crippen LogP) is 2.37. The quantitative estimate of drug-likeness (QED) is 0.618. The van der Waals surface area contributed by atoms with E-state index in [1.54, 1.807) is 6.20 Å². The van der Waals surface area contributed by atoms with Gasteiger partial charge in [-0.3, -0.25) is 4.98 Å². The summed E-state index contributed by atoms with van der Waals surface area (Å²) in [5.41, 5.74) is 2.13.